The summed E-state index contributed by atoms with van der Waals surface area (Å²) in [5.41, 5.74) is 9.87. The topological polar surface area (TPSA) is 167 Å². The molecule has 4 rings (SSSR count). The number of methoxy groups -OCH3 is 1. The van der Waals surface area contributed by atoms with Crippen LogP contribution in [-0.2, 0) is 0 Å². The molecule has 4 N–H and O–H groups in total. The van der Waals surface area contributed by atoms with E-state index >= 15 is 0 Å². The van der Waals surface area contributed by atoms with E-state index in [0.717, 1.165) is 0 Å². The number of ether oxygens (including phenoxy) is 1. The molecule has 0 saturated heterocycles. The Kier molecular flexibility index (Phi) is 6.34. The van der Waals surface area contributed by atoms with Gasteiger partial charge in [0.05, 0.1) is 22.9 Å². The quantitative estimate of drug-likeness (QED) is 0.265. The highest BCUT2D eigenvalue weighted by Crippen LogP contribution is 2.32. The summed E-state index contributed by atoms with van der Waals surface area (Å²) in [7, 11) is 1.43. The number of benzene rings is 2. The highest BCUT2D eigenvalue weighted by atomic mass is 35.5. The van der Waals surface area contributed by atoms with Crippen LogP contribution in [0.1, 0.15) is 23.0 Å². The molecule has 2 aromatic carbocycles. The summed E-state index contributed by atoms with van der Waals surface area (Å²) < 4.78 is 10.9. The SMILES string of the molecule is COc1cc(/C(C)=N\NC(=O)c2nnn(-c3nonc3N)c2-c2ccc(Cl)c(Cl)c2)ccc1O. The molecule has 4 aromatic rings. The lowest BCUT2D eigenvalue weighted by Crippen LogP contribution is -2.21. The summed E-state index contributed by atoms with van der Waals surface area (Å²) in [6, 6.07) is 9.39. The van der Waals surface area contributed by atoms with Crippen molar-refractivity contribution in [2.24, 2.45) is 5.10 Å². The summed E-state index contributed by atoms with van der Waals surface area (Å²) >= 11 is 12.2. The van der Waals surface area contributed by atoms with E-state index in [1.165, 1.54) is 23.9 Å². The van der Waals surface area contributed by atoms with Gasteiger partial charge >= 0.3 is 0 Å². The Bertz CT molecular complexity index is 1420. The number of anilines is 1. The molecule has 0 fully saturated rings. The van der Waals surface area contributed by atoms with E-state index in [0.29, 0.717) is 21.9 Å². The van der Waals surface area contributed by atoms with Gasteiger partial charge in [0.2, 0.25) is 11.6 Å². The molecule has 1 amide bonds. The third kappa shape index (κ3) is 4.36. The van der Waals surface area contributed by atoms with Crippen molar-refractivity contribution in [3.05, 3.63) is 57.7 Å². The standard InChI is InChI=1S/C20H16Cl2N8O4/c1-9(10-4-6-14(31)15(8-10)33-2)24-26-20(32)16-17(11-3-5-12(21)13(22)7-11)30(29-25-16)19-18(23)27-34-28-19/h3-8,31H,1-2H3,(H2,23,27)(H,26,32)/b24-9-. The molecule has 0 radical (unpaired) electrons. The second-order valence-electron chi connectivity index (χ2n) is 6.83. The van der Waals surface area contributed by atoms with Gasteiger partial charge in [0.1, 0.15) is 5.69 Å². The number of carbonyl (C=O) groups excluding carboxylic acids is 1. The molecule has 0 aliphatic heterocycles. The summed E-state index contributed by atoms with van der Waals surface area (Å²) in [4.78, 5) is 13.0. The maximum Gasteiger partial charge on any atom is 0.294 e. The molecule has 0 bridgehead atoms. The number of phenolic OH excluding ortho intramolecular Hbond substituents is 1. The molecule has 0 spiro atoms. The fourth-order valence-electron chi connectivity index (χ4n) is 2.98. The molecule has 0 atom stereocenters. The van der Waals surface area contributed by atoms with Crippen molar-refractivity contribution in [2.45, 2.75) is 6.92 Å². The van der Waals surface area contributed by atoms with Crippen molar-refractivity contribution in [2.75, 3.05) is 12.8 Å². The van der Waals surface area contributed by atoms with Crippen LogP contribution in [0.25, 0.3) is 17.1 Å². The smallest absolute Gasteiger partial charge is 0.294 e. The maximum atomic E-state index is 13.0. The number of phenols is 1. The van der Waals surface area contributed by atoms with Gasteiger partial charge in [-0.25, -0.2) is 10.1 Å². The van der Waals surface area contributed by atoms with E-state index in [1.54, 1.807) is 31.2 Å². The number of rotatable bonds is 6. The molecular formula is C20H16Cl2N8O4. The van der Waals surface area contributed by atoms with Gasteiger partial charge in [-0.05, 0) is 47.6 Å². The Labute approximate surface area is 201 Å². The van der Waals surface area contributed by atoms with E-state index in [4.69, 9.17) is 33.7 Å². The Morgan fingerprint density at radius 1 is 1.21 bits per heavy atom. The Balaban J connectivity index is 1.72. The molecule has 2 heterocycles. The molecule has 0 aliphatic carbocycles. The van der Waals surface area contributed by atoms with Crippen LogP contribution in [-0.4, -0.2) is 49.1 Å². The number of hydrogen-bond acceptors (Lipinski definition) is 10. The number of aromatic hydroxyl groups is 1. The maximum absolute atomic E-state index is 13.0. The average molecular weight is 503 g/mol. The van der Waals surface area contributed by atoms with Crippen molar-refractivity contribution in [1.29, 1.82) is 0 Å². The molecule has 12 nitrogen and oxygen atoms in total. The number of nitrogens with two attached hydrogens (primary N) is 1. The molecule has 14 heteroatoms. The number of nitrogens with zero attached hydrogens (tertiary/aromatic N) is 6. The lowest BCUT2D eigenvalue weighted by Gasteiger charge is -2.08. The number of hydrazone groups is 1. The highest BCUT2D eigenvalue weighted by molar-refractivity contribution is 6.42. The van der Waals surface area contributed by atoms with E-state index in [-0.39, 0.29) is 39.5 Å². The third-order valence-corrected chi connectivity index (χ3v) is 5.44. The molecule has 0 unspecified atom stereocenters. The lowest BCUT2D eigenvalue weighted by atomic mass is 10.1. The number of aromatic nitrogens is 5. The zero-order valence-corrected chi connectivity index (χ0v) is 19.2. The summed E-state index contributed by atoms with van der Waals surface area (Å²) in [6.45, 7) is 1.67. The molecule has 2 aromatic heterocycles. The van der Waals surface area contributed by atoms with Gasteiger partial charge in [-0.15, -0.1) is 5.10 Å². The molecule has 174 valence electrons. The molecular weight excluding hydrogens is 487 g/mol. The van der Waals surface area contributed by atoms with Crippen molar-refractivity contribution < 1.29 is 19.3 Å². The average Bonchev–Trinajstić information content (AvgIpc) is 3.45. The second-order valence-corrected chi connectivity index (χ2v) is 7.64. The zero-order chi connectivity index (χ0) is 24.4. The Morgan fingerprint density at radius 2 is 2.00 bits per heavy atom. The van der Waals surface area contributed by atoms with Gasteiger partial charge in [0.15, 0.2) is 17.2 Å². The predicted octanol–water partition coefficient (Wildman–Crippen LogP) is 3.07. The summed E-state index contributed by atoms with van der Waals surface area (Å²) in [5.74, 6) is -0.459. The Hall–Kier alpha value is -4.16. The van der Waals surface area contributed by atoms with Gasteiger partial charge < -0.3 is 15.6 Å². The van der Waals surface area contributed by atoms with Crippen molar-refractivity contribution in [3.8, 4) is 28.6 Å². The minimum atomic E-state index is -0.674. The zero-order valence-electron chi connectivity index (χ0n) is 17.7. The highest BCUT2D eigenvalue weighted by Gasteiger charge is 2.25. The van der Waals surface area contributed by atoms with Crippen molar-refractivity contribution in [1.82, 2.24) is 30.7 Å². The largest absolute Gasteiger partial charge is 0.504 e. The molecule has 0 saturated carbocycles. The van der Waals surface area contributed by atoms with Crippen LogP contribution in [0.4, 0.5) is 5.82 Å². The fraction of sp³-hybridized carbons (Fsp3) is 0.100. The van der Waals surface area contributed by atoms with Crippen LogP contribution in [0.2, 0.25) is 10.0 Å². The van der Waals surface area contributed by atoms with Crippen LogP contribution >= 0.6 is 23.2 Å². The number of amides is 1. The van der Waals surface area contributed by atoms with E-state index in [1.807, 2.05) is 0 Å². The lowest BCUT2D eigenvalue weighted by molar-refractivity contribution is 0.0950. The fourth-order valence-corrected chi connectivity index (χ4v) is 3.28. The van der Waals surface area contributed by atoms with Crippen molar-refractivity contribution >= 4 is 40.6 Å². The van der Waals surface area contributed by atoms with Crippen LogP contribution < -0.4 is 15.9 Å². The van der Waals surface area contributed by atoms with Crippen molar-refractivity contribution in [3.63, 3.8) is 0 Å². The summed E-state index contributed by atoms with van der Waals surface area (Å²) in [6.07, 6.45) is 0. The predicted molar refractivity (Wildman–Crippen MR) is 123 cm³/mol. The van der Waals surface area contributed by atoms with E-state index < -0.39 is 5.91 Å². The van der Waals surface area contributed by atoms with Crippen LogP contribution in [0.5, 0.6) is 11.5 Å². The number of hydrogen-bond donors (Lipinski definition) is 3. The first-order valence-corrected chi connectivity index (χ1v) is 10.3. The van der Waals surface area contributed by atoms with Crippen LogP contribution in [0, 0.1) is 0 Å². The van der Waals surface area contributed by atoms with Gasteiger partial charge in [-0.1, -0.05) is 34.5 Å². The Morgan fingerprint density at radius 3 is 2.68 bits per heavy atom. The van der Waals surface area contributed by atoms with Gasteiger partial charge in [0, 0.05) is 11.1 Å². The van der Waals surface area contributed by atoms with Gasteiger partial charge in [-0.3, -0.25) is 4.79 Å². The number of nitrogen functional groups attached to an aromatic ring is 1. The van der Waals surface area contributed by atoms with Gasteiger partial charge in [-0.2, -0.15) is 9.78 Å². The summed E-state index contributed by atoms with van der Waals surface area (Å²) in [5, 5.41) is 29.7. The normalized spacial score (nSPS) is 11.5. The van der Waals surface area contributed by atoms with Crippen LogP contribution in [0.3, 0.4) is 0 Å². The van der Waals surface area contributed by atoms with E-state index in [2.05, 4.69) is 35.8 Å². The minimum Gasteiger partial charge on any atom is -0.504 e. The number of carbonyl (C=O) groups is 1. The molecule has 34 heavy (non-hydrogen) atoms. The monoisotopic (exact) mass is 502 g/mol. The van der Waals surface area contributed by atoms with Gasteiger partial charge in [0.25, 0.3) is 5.91 Å². The second kappa shape index (κ2) is 9.37. The first-order chi connectivity index (χ1) is 16.3. The van der Waals surface area contributed by atoms with E-state index in [9.17, 15) is 9.90 Å². The first kappa shape index (κ1) is 23.0. The van der Waals surface area contributed by atoms with Crippen LogP contribution in [0.15, 0.2) is 46.1 Å². The number of halogens is 2. The molecule has 0 aliphatic rings. The number of nitrogens with one attached hydrogen (secondary N) is 1. The minimum absolute atomic E-state index is 0.0208. The first-order valence-electron chi connectivity index (χ1n) is 9.51. The third-order valence-electron chi connectivity index (χ3n) is 4.70.